The van der Waals surface area contributed by atoms with E-state index in [9.17, 15) is 4.39 Å². The van der Waals surface area contributed by atoms with Crippen LogP contribution in [-0.4, -0.2) is 26.3 Å². The minimum Gasteiger partial charge on any atom is -0.378 e. The van der Waals surface area contributed by atoms with Crippen LogP contribution in [0.2, 0.25) is 0 Å². The molecule has 2 rings (SSSR count). The molecule has 1 aromatic rings. The molecule has 1 heterocycles. The first kappa shape index (κ1) is 14.0. The zero-order valence-corrected chi connectivity index (χ0v) is 11.4. The number of nitriles is 1. The Bertz CT molecular complexity index is 489. The normalized spacial score (nSPS) is 17.6. The molecule has 0 unspecified atom stereocenters. The monoisotopic (exact) mass is 262 g/mol. The number of hydrogen-bond acceptors (Lipinski definition) is 3. The summed E-state index contributed by atoms with van der Waals surface area (Å²) < 4.78 is 18.9. The molecule has 0 bridgehead atoms. The summed E-state index contributed by atoms with van der Waals surface area (Å²) in [6.45, 7) is 6.16. The molecule has 0 amide bonds. The Balaban J connectivity index is 1.95. The number of hydrogen-bond donors (Lipinski definition) is 1. The van der Waals surface area contributed by atoms with E-state index in [2.05, 4.69) is 11.4 Å². The third-order valence-electron chi connectivity index (χ3n) is 3.63. The van der Waals surface area contributed by atoms with Gasteiger partial charge in [-0.3, -0.25) is 0 Å². The third-order valence-corrected chi connectivity index (χ3v) is 3.63. The minimum absolute atomic E-state index is 0.184. The van der Waals surface area contributed by atoms with Gasteiger partial charge in [-0.25, -0.2) is 4.39 Å². The Hall–Kier alpha value is -1.44. The molecule has 0 aliphatic carbocycles. The first-order valence-electron chi connectivity index (χ1n) is 6.44. The van der Waals surface area contributed by atoms with Gasteiger partial charge in [0.25, 0.3) is 0 Å². The smallest absolute Gasteiger partial charge is 0.126 e. The Morgan fingerprint density at radius 2 is 2.11 bits per heavy atom. The summed E-state index contributed by atoms with van der Waals surface area (Å²) in [5.74, 6) is -0.184. The first-order valence-corrected chi connectivity index (χ1v) is 6.44. The van der Waals surface area contributed by atoms with Crippen molar-refractivity contribution in [1.29, 1.82) is 5.26 Å². The number of nitrogens with one attached hydrogen (secondary N) is 1. The SMILES string of the molecule is CC(C)(CNCC1(C#N)COC1)c1ccccc1F. The second-order valence-corrected chi connectivity index (χ2v) is 5.85. The van der Waals surface area contributed by atoms with E-state index in [1.807, 2.05) is 26.0 Å². The van der Waals surface area contributed by atoms with Crippen LogP contribution >= 0.6 is 0 Å². The zero-order valence-electron chi connectivity index (χ0n) is 11.4. The highest BCUT2D eigenvalue weighted by atomic mass is 19.1. The van der Waals surface area contributed by atoms with E-state index >= 15 is 0 Å². The second-order valence-electron chi connectivity index (χ2n) is 5.85. The van der Waals surface area contributed by atoms with Gasteiger partial charge in [-0.2, -0.15) is 5.26 Å². The fraction of sp³-hybridized carbons (Fsp3) is 0.533. The number of nitrogens with zero attached hydrogens (tertiary/aromatic N) is 1. The molecule has 1 aromatic carbocycles. The maximum atomic E-state index is 13.8. The van der Waals surface area contributed by atoms with E-state index < -0.39 is 5.41 Å². The average Bonchev–Trinajstić information content (AvgIpc) is 2.33. The van der Waals surface area contributed by atoms with Gasteiger partial charge in [0, 0.05) is 18.5 Å². The van der Waals surface area contributed by atoms with Crippen LogP contribution < -0.4 is 5.32 Å². The molecular weight excluding hydrogens is 243 g/mol. The van der Waals surface area contributed by atoms with Gasteiger partial charge in [0.2, 0.25) is 0 Å². The van der Waals surface area contributed by atoms with E-state index in [0.717, 1.165) is 0 Å². The van der Waals surface area contributed by atoms with Crippen molar-refractivity contribution in [3.05, 3.63) is 35.6 Å². The standard InChI is InChI=1S/C15H19FN2O/c1-14(2,12-5-3-4-6-13(12)16)8-18-9-15(7-17)10-19-11-15/h3-6,18H,8-11H2,1-2H3. The zero-order chi connectivity index (χ0) is 13.9. The fourth-order valence-electron chi connectivity index (χ4n) is 2.27. The van der Waals surface area contributed by atoms with Crippen molar-refractivity contribution in [2.75, 3.05) is 26.3 Å². The quantitative estimate of drug-likeness (QED) is 0.885. The van der Waals surface area contributed by atoms with Gasteiger partial charge in [-0.05, 0) is 11.6 Å². The molecule has 0 saturated carbocycles. The lowest BCUT2D eigenvalue weighted by molar-refractivity contribution is -0.0757. The molecule has 0 atom stereocenters. The predicted molar refractivity (Wildman–Crippen MR) is 71.2 cm³/mol. The van der Waals surface area contributed by atoms with Gasteiger partial charge in [0.15, 0.2) is 0 Å². The highest BCUT2D eigenvalue weighted by Gasteiger charge is 2.39. The lowest BCUT2D eigenvalue weighted by Gasteiger charge is -2.36. The van der Waals surface area contributed by atoms with Gasteiger partial charge >= 0.3 is 0 Å². The summed E-state index contributed by atoms with van der Waals surface area (Å²) in [5, 5.41) is 12.4. The van der Waals surface area contributed by atoms with E-state index in [1.54, 1.807) is 6.07 Å². The molecule has 102 valence electrons. The van der Waals surface area contributed by atoms with Crippen LogP contribution in [0.5, 0.6) is 0 Å². The van der Waals surface area contributed by atoms with Crippen LogP contribution in [0.3, 0.4) is 0 Å². The van der Waals surface area contributed by atoms with Crippen LogP contribution in [0.15, 0.2) is 24.3 Å². The summed E-state index contributed by atoms with van der Waals surface area (Å²) in [7, 11) is 0. The van der Waals surface area contributed by atoms with E-state index in [4.69, 9.17) is 10.00 Å². The lowest BCUT2D eigenvalue weighted by atomic mass is 9.83. The Morgan fingerprint density at radius 1 is 1.42 bits per heavy atom. The van der Waals surface area contributed by atoms with E-state index in [1.165, 1.54) is 6.07 Å². The van der Waals surface area contributed by atoms with Gasteiger partial charge < -0.3 is 10.1 Å². The van der Waals surface area contributed by atoms with Crippen LogP contribution in [0.25, 0.3) is 0 Å². The Labute approximate surface area is 113 Å². The van der Waals surface area contributed by atoms with E-state index in [-0.39, 0.29) is 11.2 Å². The first-order chi connectivity index (χ1) is 8.99. The van der Waals surface area contributed by atoms with Crippen molar-refractivity contribution >= 4 is 0 Å². The topological polar surface area (TPSA) is 45.0 Å². The summed E-state index contributed by atoms with van der Waals surface area (Å²) in [5.41, 5.74) is -0.0175. The van der Waals surface area contributed by atoms with Crippen molar-refractivity contribution in [2.24, 2.45) is 5.41 Å². The third kappa shape index (κ3) is 2.94. The number of halogens is 1. The predicted octanol–water partition coefficient (Wildman–Crippen LogP) is 2.23. The van der Waals surface area contributed by atoms with Gasteiger partial charge in [0.05, 0.1) is 19.3 Å². The molecular formula is C15H19FN2O. The van der Waals surface area contributed by atoms with Crippen LogP contribution in [-0.2, 0) is 10.2 Å². The van der Waals surface area contributed by atoms with Crippen molar-refractivity contribution in [2.45, 2.75) is 19.3 Å². The number of ether oxygens (including phenoxy) is 1. The maximum absolute atomic E-state index is 13.8. The van der Waals surface area contributed by atoms with Crippen molar-refractivity contribution in [1.82, 2.24) is 5.32 Å². The fourth-order valence-corrected chi connectivity index (χ4v) is 2.27. The molecule has 1 N–H and O–H groups in total. The maximum Gasteiger partial charge on any atom is 0.126 e. The largest absolute Gasteiger partial charge is 0.378 e. The Kier molecular flexibility index (Phi) is 3.88. The summed E-state index contributed by atoms with van der Waals surface area (Å²) in [6.07, 6.45) is 0. The van der Waals surface area contributed by atoms with Gasteiger partial charge in [-0.1, -0.05) is 32.0 Å². The van der Waals surface area contributed by atoms with Gasteiger partial charge in [0.1, 0.15) is 11.2 Å². The van der Waals surface area contributed by atoms with E-state index in [0.29, 0.717) is 31.9 Å². The molecule has 1 aliphatic rings. The Morgan fingerprint density at radius 3 is 2.63 bits per heavy atom. The second kappa shape index (κ2) is 5.28. The molecule has 0 radical (unpaired) electrons. The molecule has 1 fully saturated rings. The molecule has 3 nitrogen and oxygen atoms in total. The van der Waals surface area contributed by atoms with Crippen LogP contribution in [0.4, 0.5) is 4.39 Å². The minimum atomic E-state index is -0.398. The highest BCUT2D eigenvalue weighted by Crippen LogP contribution is 2.27. The molecule has 4 heteroatoms. The molecule has 1 saturated heterocycles. The van der Waals surface area contributed by atoms with Crippen molar-refractivity contribution in [3.63, 3.8) is 0 Å². The molecule has 0 spiro atoms. The lowest BCUT2D eigenvalue weighted by Crippen LogP contribution is -2.50. The summed E-state index contributed by atoms with van der Waals surface area (Å²) in [4.78, 5) is 0. The highest BCUT2D eigenvalue weighted by molar-refractivity contribution is 5.26. The molecule has 1 aliphatic heterocycles. The molecule has 19 heavy (non-hydrogen) atoms. The summed E-state index contributed by atoms with van der Waals surface area (Å²) >= 11 is 0. The van der Waals surface area contributed by atoms with Crippen LogP contribution in [0.1, 0.15) is 19.4 Å². The average molecular weight is 262 g/mol. The summed E-state index contributed by atoms with van der Waals surface area (Å²) in [6, 6.07) is 9.12. The van der Waals surface area contributed by atoms with Crippen molar-refractivity contribution in [3.8, 4) is 6.07 Å². The van der Waals surface area contributed by atoms with Gasteiger partial charge in [-0.15, -0.1) is 0 Å². The van der Waals surface area contributed by atoms with Crippen molar-refractivity contribution < 1.29 is 9.13 Å². The van der Waals surface area contributed by atoms with Crippen LogP contribution in [0, 0.1) is 22.6 Å². The number of benzene rings is 1. The number of rotatable bonds is 5. The molecule has 0 aromatic heterocycles.